The Labute approximate surface area is 163 Å². The number of nitrogens with zero attached hydrogens (tertiary/aromatic N) is 4. The normalized spacial score (nSPS) is 17.8. The minimum atomic E-state index is 0.110. The molecule has 3 N–H and O–H groups in total. The van der Waals surface area contributed by atoms with Crippen molar-refractivity contribution >= 4 is 22.9 Å². The molecule has 2 fully saturated rings. The Hall–Kier alpha value is -2.93. The van der Waals surface area contributed by atoms with Crippen molar-refractivity contribution in [2.24, 2.45) is 11.3 Å². The van der Waals surface area contributed by atoms with Gasteiger partial charge in [-0.3, -0.25) is 0 Å². The summed E-state index contributed by atoms with van der Waals surface area (Å²) in [7, 11) is 0. The molecule has 0 unspecified atom stereocenters. The number of benzene rings is 1. The van der Waals surface area contributed by atoms with Crippen molar-refractivity contribution < 1.29 is 4.74 Å². The summed E-state index contributed by atoms with van der Waals surface area (Å²) < 4.78 is 7.25. The summed E-state index contributed by atoms with van der Waals surface area (Å²) in [6, 6.07) is 9.83. The predicted octanol–water partition coefficient (Wildman–Crippen LogP) is 2.84. The lowest BCUT2D eigenvalue weighted by Gasteiger charge is -2.55. The van der Waals surface area contributed by atoms with Crippen LogP contribution >= 0.6 is 0 Å². The highest BCUT2D eigenvalue weighted by Gasteiger charge is 2.49. The smallest absolute Gasteiger partial charge is 0.154 e. The molecular formula is C21H24N6O. The van der Waals surface area contributed by atoms with Gasteiger partial charge in [0.05, 0.1) is 30.5 Å². The lowest BCUT2D eigenvalue weighted by atomic mass is 9.78. The number of nitrogens with one attached hydrogen (secondary N) is 1. The second kappa shape index (κ2) is 6.04. The molecule has 3 aromatic rings. The number of anilines is 2. The van der Waals surface area contributed by atoms with Crippen molar-refractivity contribution in [3.63, 3.8) is 0 Å². The lowest BCUT2D eigenvalue weighted by Crippen LogP contribution is -2.66. The molecule has 1 spiro atoms. The van der Waals surface area contributed by atoms with Crippen LogP contribution in [0.3, 0.4) is 0 Å². The van der Waals surface area contributed by atoms with Gasteiger partial charge in [0, 0.05) is 35.6 Å². The van der Waals surface area contributed by atoms with Crippen molar-refractivity contribution in [3.05, 3.63) is 42.1 Å². The third-order valence-electron chi connectivity index (χ3n) is 5.76. The van der Waals surface area contributed by atoms with Gasteiger partial charge in [0.15, 0.2) is 5.65 Å². The first kappa shape index (κ1) is 17.2. The van der Waals surface area contributed by atoms with Crippen LogP contribution in [0.4, 0.5) is 11.5 Å². The number of aromatic nitrogens is 3. The Bertz CT molecular complexity index is 1070. The van der Waals surface area contributed by atoms with Crippen LogP contribution in [0.25, 0.3) is 16.9 Å². The second-order valence-corrected chi connectivity index (χ2v) is 8.32. The Morgan fingerprint density at radius 1 is 1.21 bits per heavy atom. The Kier molecular flexibility index (Phi) is 3.71. The highest BCUT2D eigenvalue weighted by atomic mass is 16.5. The first-order chi connectivity index (χ1) is 13.5. The number of ether oxygens (including phenoxy) is 1. The van der Waals surface area contributed by atoms with Gasteiger partial charge >= 0.3 is 0 Å². The molecule has 5 rings (SSSR count). The summed E-state index contributed by atoms with van der Waals surface area (Å²) >= 11 is 0. The molecule has 0 radical (unpaired) electrons. The zero-order valence-corrected chi connectivity index (χ0v) is 16.1. The third kappa shape index (κ3) is 2.57. The highest BCUT2D eigenvalue weighted by Crippen LogP contribution is 2.39. The maximum Gasteiger partial charge on any atom is 0.154 e. The fraction of sp³-hybridized carbons (Fsp3) is 0.381. The van der Waals surface area contributed by atoms with E-state index in [0.29, 0.717) is 16.8 Å². The number of hydrogen-bond acceptors (Lipinski definition) is 6. The van der Waals surface area contributed by atoms with Crippen LogP contribution in [0.5, 0.6) is 0 Å². The van der Waals surface area contributed by atoms with Crippen LogP contribution in [0.15, 0.2) is 36.5 Å². The molecule has 0 aliphatic carbocycles. The van der Waals surface area contributed by atoms with Gasteiger partial charge in [-0.25, -0.2) is 9.50 Å². The van der Waals surface area contributed by atoms with Gasteiger partial charge in [0.1, 0.15) is 5.82 Å². The van der Waals surface area contributed by atoms with Crippen LogP contribution in [0, 0.1) is 16.7 Å². The zero-order chi connectivity index (χ0) is 19.5. The summed E-state index contributed by atoms with van der Waals surface area (Å²) in [6.45, 7) is 7.71. The molecular weight excluding hydrogens is 352 g/mol. The summed E-state index contributed by atoms with van der Waals surface area (Å²) in [6.07, 6.45) is 1.83. The monoisotopic (exact) mass is 376 g/mol. The topological polar surface area (TPSA) is 92.5 Å². The zero-order valence-electron chi connectivity index (χ0n) is 16.1. The van der Waals surface area contributed by atoms with Crippen LogP contribution < -0.4 is 10.6 Å². The number of imidazole rings is 1. The summed E-state index contributed by atoms with van der Waals surface area (Å²) in [5.74, 6) is 1.06. The molecule has 0 atom stereocenters. The van der Waals surface area contributed by atoms with Crippen molar-refractivity contribution in [1.82, 2.24) is 14.6 Å². The molecule has 2 aromatic heterocycles. The van der Waals surface area contributed by atoms with Gasteiger partial charge in [-0.15, -0.1) is 5.10 Å². The number of hydrogen-bond donors (Lipinski definition) is 2. The van der Waals surface area contributed by atoms with Gasteiger partial charge in [-0.05, 0) is 30.2 Å². The maximum atomic E-state index is 8.36. The maximum absolute atomic E-state index is 8.36. The molecule has 2 aliphatic rings. The Balaban J connectivity index is 1.52. The molecule has 4 heterocycles. The van der Waals surface area contributed by atoms with E-state index in [4.69, 9.17) is 21.0 Å². The fourth-order valence-corrected chi connectivity index (χ4v) is 3.99. The molecule has 0 saturated carbocycles. The first-order valence-corrected chi connectivity index (χ1v) is 9.62. The highest BCUT2D eigenvalue weighted by molar-refractivity contribution is 6.04. The number of nitrogen functional groups attached to an aromatic ring is 1. The average molecular weight is 376 g/mol. The second-order valence-electron chi connectivity index (χ2n) is 8.32. The van der Waals surface area contributed by atoms with E-state index in [1.807, 2.05) is 54.9 Å². The third-order valence-corrected chi connectivity index (χ3v) is 5.76. The number of nitrogens with two attached hydrogens (primary N) is 1. The molecule has 7 heteroatoms. The van der Waals surface area contributed by atoms with Gasteiger partial charge in [-0.2, -0.15) is 0 Å². The van der Waals surface area contributed by atoms with E-state index < -0.39 is 0 Å². The summed E-state index contributed by atoms with van der Waals surface area (Å²) in [5.41, 5.74) is 11.1. The average Bonchev–Trinajstić information content (AvgIpc) is 3.02. The molecule has 144 valence electrons. The molecule has 1 aromatic carbocycles. The van der Waals surface area contributed by atoms with E-state index in [9.17, 15) is 0 Å². The molecule has 2 saturated heterocycles. The van der Waals surface area contributed by atoms with Gasteiger partial charge in [-0.1, -0.05) is 19.9 Å². The number of rotatable bonds is 4. The Morgan fingerprint density at radius 3 is 2.68 bits per heavy atom. The van der Waals surface area contributed by atoms with E-state index in [2.05, 4.69) is 9.88 Å². The minimum Gasteiger partial charge on any atom is -0.398 e. The predicted molar refractivity (Wildman–Crippen MR) is 110 cm³/mol. The van der Waals surface area contributed by atoms with E-state index in [0.717, 1.165) is 54.6 Å². The molecule has 2 aliphatic heterocycles. The van der Waals surface area contributed by atoms with Crippen LogP contribution in [-0.2, 0) is 4.74 Å². The largest absolute Gasteiger partial charge is 0.398 e. The van der Waals surface area contributed by atoms with E-state index in [1.165, 1.54) is 0 Å². The van der Waals surface area contributed by atoms with E-state index >= 15 is 0 Å². The summed E-state index contributed by atoms with van der Waals surface area (Å²) in [5, 5.41) is 13.2. The van der Waals surface area contributed by atoms with Crippen LogP contribution in [-0.4, -0.2) is 46.6 Å². The van der Waals surface area contributed by atoms with Crippen LogP contribution in [0.2, 0.25) is 0 Å². The molecule has 28 heavy (non-hydrogen) atoms. The minimum absolute atomic E-state index is 0.110. The first-order valence-electron chi connectivity index (χ1n) is 9.62. The summed E-state index contributed by atoms with van der Waals surface area (Å²) in [4.78, 5) is 6.79. The molecule has 7 nitrogen and oxygen atoms in total. The molecule has 0 bridgehead atoms. The van der Waals surface area contributed by atoms with Gasteiger partial charge in [0.25, 0.3) is 0 Å². The van der Waals surface area contributed by atoms with Gasteiger partial charge in [0.2, 0.25) is 0 Å². The van der Waals surface area contributed by atoms with Crippen molar-refractivity contribution in [1.29, 1.82) is 5.41 Å². The van der Waals surface area contributed by atoms with E-state index in [1.54, 1.807) is 0 Å². The van der Waals surface area contributed by atoms with Crippen LogP contribution in [0.1, 0.15) is 19.4 Å². The van der Waals surface area contributed by atoms with Crippen molar-refractivity contribution in [2.75, 3.05) is 36.9 Å². The van der Waals surface area contributed by atoms with Gasteiger partial charge < -0.3 is 20.8 Å². The van der Waals surface area contributed by atoms with Crippen molar-refractivity contribution in [2.45, 2.75) is 13.8 Å². The molecule has 0 amide bonds. The van der Waals surface area contributed by atoms with E-state index in [-0.39, 0.29) is 5.92 Å². The lowest BCUT2D eigenvalue weighted by molar-refractivity contribution is -0.127. The Morgan fingerprint density at radius 2 is 2.00 bits per heavy atom. The standard InChI is InChI=1S/C21H24N6O/c1-13(2)20(23)15-7-14(3-4-16(15)22)17-8-24-18-5-6-19(25-27(17)18)26-9-21(10-26)11-28-12-21/h3-8,13,23H,9-12,22H2,1-2H3. The quantitative estimate of drug-likeness (QED) is 0.540. The van der Waals surface area contributed by atoms with Crippen molar-refractivity contribution in [3.8, 4) is 11.3 Å². The fourth-order valence-electron chi connectivity index (χ4n) is 3.99. The SMILES string of the molecule is CC(C)C(=N)c1cc(-c2cnc3ccc(N4CC5(COC5)C4)nn23)ccc1N. The number of fused-ring (bicyclic) bond motifs is 1.